The molecule has 1 heterocycles. The number of sulfonamides is 1. The summed E-state index contributed by atoms with van der Waals surface area (Å²) in [7, 11) is -2.61. The number of ether oxygens (including phenoxy) is 1. The number of aryl methyl sites for hydroxylation is 1. The molecule has 0 aliphatic carbocycles. The second-order valence-electron chi connectivity index (χ2n) is 8.36. The number of furan rings is 1. The van der Waals surface area contributed by atoms with Crippen LogP contribution in [0.3, 0.4) is 0 Å². The van der Waals surface area contributed by atoms with Gasteiger partial charge < -0.3 is 14.5 Å². The van der Waals surface area contributed by atoms with E-state index in [4.69, 9.17) is 9.15 Å². The fraction of sp³-hybridized carbons (Fsp3) is 0.107. The van der Waals surface area contributed by atoms with Gasteiger partial charge in [-0.1, -0.05) is 42.5 Å². The molecule has 5 aromatic rings. The lowest BCUT2D eigenvalue weighted by Gasteiger charge is -2.26. The summed E-state index contributed by atoms with van der Waals surface area (Å²) in [5, 5.41) is 4.72. The van der Waals surface area contributed by atoms with Gasteiger partial charge in [-0.15, -0.1) is 0 Å². The van der Waals surface area contributed by atoms with Gasteiger partial charge in [0.15, 0.2) is 0 Å². The zero-order chi connectivity index (χ0) is 25.3. The predicted molar refractivity (Wildman–Crippen MR) is 141 cm³/mol. The Bertz CT molecular complexity index is 1680. The van der Waals surface area contributed by atoms with E-state index in [0.29, 0.717) is 17.0 Å². The van der Waals surface area contributed by atoms with Gasteiger partial charge in [0.1, 0.15) is 23.5 Å². The Morgan fingerprint density at radius 1 is 0.889 bits per heavy atom. The summed E-state index contributed by atoms with van der Waals surface area (Å²) in [6, 6.07) is 26.3. The lowest BCUT2D eigenvalue weighted by Crippen LogP contribution is -2.38. The van der Waals surface area contributed by atoms with Gasteiger partial charge in [-0.2, -0.15) is 0 Å². The molecule has 36 heavy (non-hydrogen) atoms. The highest BCUT2D eigenvalue weighted by Gasteiger charge is 2.29. The Hall–Kier alpha value is -4.30. The predicted octanol–water partition coefficient (Wildman–Crippen LogP) is 5.74. The highest BCUT2D eigenvalue weighted by atomic mass is 32.2. The van der Waals surface area contributed by atoms with Gasteiger partial charge in [-0.25, -0.2) is 8.42 Å². The van der Waals surface area contributed by atoms with Crippen LogP contribution in [0.15, 0.2) is 100 Å². The van der Waals surface area contributed by atoms with E-state index in [9.17, 15) is 13.2 Å². The maximum atomic E-state index is 13.6. The van der Waals surface area contributed by atoms with Gasteiger partial charge in [0.2, 0.25) is 5.91 Å². The molecule has 0 bridgehead atoms. The van der Waals surface area contributed by atoms with E-state index >= 15 is 0 Å². The Morgan fingerprint density at radius 2 is 1.61 bits per heavy atom. The van der Waals surface area contributed by atoms with Crippen LogP contribution in [0.2, 0.25) is 0 Å². The van der Waals surface area contributed by atoms with Crippen molar-refractivity contribution in [2.45, 2.75) is 11.8 Å². The Labute approximate surface area is 209 Å². The molecular formula is C28H24N2O5S. The van der Waals surface area contributed by atoms with Gasteiger partial charge in [0, 0.05) is 22.5 Å². The van der Waals surface area contributed by atoms with Crippen molar-refractivity contribution in [3.05, 3.63) is 96.6 Å². The molecule has 0 unspecified atom stereocenters. The van der Waals surface area contributed by atoms with Crippen LogP contribution in [0, 0.1) is 6.92 Å². The van der Waals surface area contributed by atoms with Crippen LogP contribution in [0.1, 0.15) is 5.56 Å². The normalized spacial score (nSPS) is 11.5. The van der Waals surface area contributed by atoms with E-state index in [1.54, 1.807) is 42.5 Å². The summed E-state index contributed by atoms with van der Waals surface area (Å²) in [6.07, 6.45) is 0. The van der Waals surface area contributed by atoms with Crippen LogP contribution in [0.5, 0.6) is 5.75 Å². The summed E-state index contributed by atoms with van der Waals surface area (Å²) in [4.78, 5) is 13.3. The number of hydrogen-bond acceptors (Lipinski definition) is 5. The molecule has 0 aliphatic rings. The van der Waals surface area contributed by atoms with Gasteiger partial charge in [-0.05, 0) is 55.0 Å². The summed E-state index contributed by atoms with van der Waals surface area (Å²) >= 11 is 0. The number of nitrogens with zero attached hydrogens (tertiary/aromatic N) is 1. The Morgan fingerprint density at radius 3 is 2.39 bits per heavy atom. The van der Waals surface area contributed by atoms with Crippen LogP contribution < -0.4 is 14.4 Å². The van der Waals surface area contributed by atoms with Crippen LogP contribution in [-0.4, -0.2) is 28.0 Å². The minimum Gasteiger partial charge on any atom is -0.495 e. The summed E-state index contributed by atoms with van der Waals surface area (Å²) in [5.41, 5.74) is 2.99. The van der Waals surface area contributed by atoms with E-state index in [1.807, 2.05) is 43.3 Å². The molecule has 4 aromatic carbocycles. The minimum atomic E-state index is -4.07. The third-order valence-electron chi connectivity index (χ3n) is 5.88. The fourth-order valence-electron chi connectivity index (χ4n) is 4.15. The third kappa shape index (κ3) is 4.38. The van der Waals surface area contributed by atoms with Gasteiger partial charge >= 0.3 is 0 Å². The Kier molecular flexibility index (Phi) is 6.12. The van der Waals surface area contributed by atoms with Crippen molar-refractivity contribution in [2.24, 2.45) is 0 Å². The summed E-state index contributed by atoms with van der Waals surface area (Å²) in [6.45, 7) is 1.40. The van der Waals surface area contributed by atoms with Crippen molar-refractivity contribution in [1.29, 1.82) is 0 Å². The standard InChI is InChI=1S/C28H24N2O5S/c1-19-12-15-26(34-2)24(16-19)30(36(32,33)21-8-4-3-5-9-21)18-28(31)29-20-13-14-23-22-10-6-7-11-25(22)35-27(23)17-20/h3-17H,18H2,1-2H3,(H,29,31). The summed E-state index contributed by atoms with van der Waals surface area (Å²) < 4.78 is 39.7. The number of carbonyl (C=O) groups is 1. The first-order valence-electron chi connectivity index (χ1n) is 11.3. The van der Waals surface area contributed by atoms with Gasteiger partial charge in [-0.3, -0.25) is 9.10 Å². The molecule has 7 nitrogen and oxygen atoms in total. The largest absolute Gasteiger partial charge is 0.495 e. The molecule has 5 rings (SSSR count). The minimum absolute atomic E-state index is 0.0741. The number of fused-ring (bicyclic) bond motifs is 3. The highest BCUT2D eigenvalue weighted by molar-refractivity contribution is 7.92. The van der Waals surface area contributed by atoms with E-state index in [1.165, 1.54) is 19.2 Å². The number of anilines is 2. The third-order valence-corrected chi connectivity index (χ3v) is 7.66. The van der Waals surface area contributed by atoms with E-state index in [0.717, 1.165) is 26.2 Å². The molecule has 1 amide bonds. The molecule has 0 saturated carbocycles. The van der Waals surface area contributed by atoms with Crippen molar-refractivity contribution >= 4 is 49.2 Å². The van der Waals surface area contributed by atoms with E-state index in [-0.39, 0.29) is 10.6 Å². The molecule has 8 heteroatoms. The monoisotopic (exact) mass is 500 g/mol. The van der Waals surface area contributed by atoms with Gasteiger partial charge in [0.25, 0.3) is 10.0 Å². The second kappa shape index (κ2) is 9.39. The number of methoxy groups -OCH3 is 1. The number of rotatable bonds is 7. The first-order valence-corrected chi connectivity index (χ1v) is 12.7. The van der Waals surface area contributed by atoms with Crippen LogP contribution >= 0.6 is 0 Å². The maximum Gasteiger partial charge on any atom is 0.264 e. The smallest absolute Gasteiger partial charge is 0.264 e. The number of hydrogen-bond donors (Lipinski definition) is 1. The number of para-hydroxylation sites is 1. The molecular weight excluding hydrogens is 476 g/mol. The molecule has 1 N–H and O–H groups in total. The fourth-order valence-corrected chi connectivity index (χ4v) is 5.59. The van der Waals surface area contributed by atoms with Crippen LogP contribution in [-0.2, 0) is 14.8 Å². The van der Waals surface area contributed by atoms with E-state index < -0.39 is 22.5 Å². The lowest BCUT2D eigenvalue weighted by atomic mass is 10.1. The van der Waals surface area contributed by atoms with Crippen LogP contribution in [0.25, 0.3) is 21.9 Å². The number of benzene rings is 4. The van der Waals surface area contributed by atoms with Crippen molar-refractivity contribution in [3.8, 4) is 5.75 Å². The van der Waals surface area contributed by atoms with Crippen molar-refractivity contribution in [2.75, 3.05) is 23.3 Å². The zero-order valence-electron chi connectivity index (χ0n) is 19.8. The van der Waals surface area contributed by atoms with Crippen molar-refractivity contribution in [1.82, 2.24) is 0 Å². The SMILES string of the molecule is COc1ccc(C)cc1N(CC(=O)Nc1ccc2c(c1)oc1ccccc12)S(=O)(=O)c1ccccc1. The van der Waals surface area contributed by atoms with Crippen molar-refractivity contribution in [3.63, 3.8) is 0 Å². The average Bonchev–Trinajstić information content (AvgIpc) is 3.25. The Balaban J connectivity index is 1.49. The van der Waals surface area contributed by atoms with Gasteiger partial charge in [0.05, 0.1) is 17.7 Å². The van der Waals surface area contributed by atoms with Crippen molar-refractivity contribution < 1.29 is 22.4 Å². The van der Waals surface area contributed by atoms with E-state index in [2.05, 4.69) is 5.32 Å². The number of carbonyl (C=O) groups excluding carboxylic acids is 1. The topological polar surface area (TPSA) is 88.8 Å². The molecule has 0 spiro atoms. The molecule has 0 saturated heterocycles. The lowest BCUT2D eigenvalue weighted by molar-refractivity contribution is -0.114. The number of amides is 1. The first kappa shape index (κ1) is 23.4. The summed E-state index contributed by atoms with van der Waals surface area (Å²) in [5.74, 6) is -0.162. The molecule has 0 radical (unpaired) electrons. The number of nitrogens with one attached hydrogen (secondary N) is 1. The first-order chi connectivity index (χ1) is 17.4. The zero-order valence-corrected chi connectivity index (χ0v) is 20.6. The molecule has 1 aromatic heterocycles. The second-order valence-corrected chi connectivity index (χ2v) is 10.2. The highest BCUT2D eigenvalue weighted by Crippen LogP contribution is 2.34. The quantitative estimate of drug-likeness (QED) is 0.308. The molecule has 0 fully saturated rings. The van der Waals surface area contributed by atoms with Crippen LogP contribution in [0.4, 0.5) is 11.4 Å². The molecule has 0 atom stereocenters. The maximum absolute atomic E-state index is 13.6. The average molecular weight is 501 g/mol. The molecule has 182 valence electrons. The molecule has 0 aliphatic heterocycles.